The van der Waals surface area contributed by atoms with E-state index in [-0.39, 0.29) is 17.7 Å². The van der Waals surface area contributed by atoms with Gasteiger partial charge in [-0.1, -0.05) is 54.6 Å². The van der Waals surface area contributed by atoms with Gasteiger partial charge in [-0.3, -0.25) is 14.5 Å². The van der Waals surface area contributed by atoms with E-state index in [9.17, 15) is 9.59 Å². The quantitative estimate of drug-likeness (QED) is 0.373. The molecule has 7 heteroatoms. The lowest BCUT2D eigenvalue weighted by molar-refractivity contribution is -0.362. The van der Waals surface area contributed by atoms with Crippen molar-refractivity contribution in [3.63, 3.8) is 0 Å². The van der Waals surface area contributed by atoms with Crippen molar-refractivity contribution >= 4 is 34.3 Å². The summed E-state index contributed by atoms with van der Waals surface area (Å²) in [5, 5.41) is 3.49. The molecule has 7 rings (SSSR count). The molecule has 0 aromatic heterocycles. The van der Waals surface area contributed by atoms with Crippen molar-refractivity contribution in [2.24, 2.45) is 0 Å². The molecule has 2 aliphatic heterocycles. The van der Waals surface area contributed by atoms with Crippen LogP contribution in [0.15, 0.2) is 85.0 Å². The van der Waals surface area contributed by atoms with Gasteiger partial charge in [-0.25, -0.2) is 4.99 Å². The molecule has 1 fully saturated rings. The number of anilines is 2. The van der Waals surface area contributed by atoms with E-state index in [4.69, 9.17) is 4.74 Å². The zero-order chi connectivity index (χ0) is 27.1. The number of para-hydroxylation sites is 1. The first-order valence-electron chi connectivity index (χ1n) is 14.0. The first kappa shape index (κ1) is 24.5. The Hall–Kier alpha value is -4.49. The number of benzene rings is 3. The van der Waals surface area contributed by atoms with E-state index in [1.807, 2.05) is 30.4 Å². The molecule has 7 nitrogen and oxygen atoms in total. The van der Waals surface area contributed by atoms with E-state index < -0.39 is 0 Å². The molecule has 1 unspecified atom stereocenters. The molecule has 0 radical (unpaired) electrons. The van der Waals surface area contributed by atoms with Crippen molar-refractivity contribution in [1.82, 2.24) is 4.90 Å². The van der Waals surface area contributed by atoms with Crippen molar-refractivity contribution in [3.05, 3.63) is 107 Å². The second-order valence-corrected chi connectivity index (χ2v) is 10.6. The summed E-state index contributed by atoms with van der Waals surface area (Å²) in [6.45, 7) is 5.72. The molecule has 0 bridgehead atoms. The van der Waals surface area contributed by atoms with E-state index in [0.29, 0.717) is 45.9 Å². The van der Waals surface area contributed by atoms with E-state index in [1.165, 1.54) is 5.69 Å². The third kappa shape index (κ3) is 4.32. The average Bonchev–Trinajstić information content (AvgIpc) is 3.01. The van der Waals surface area contributed by atoms with Crippen molar-refractivity contribution in [2.75, 3.05) is 49.5 Å². The lowest BCUT2D eigenvalue weighted by Crippen LogP contribution is -2.72. The maximum absolute atomic E-state index is 13.8. The number of ketones is 2. The van der Waals surface area contributed by atoms with Gasteiger partial charge in [-0.05, 0) is 31.2 Å². The third-order valence-electron chi connectivity index (χ3n) is 8.12. The van der Waals surface area contributed by atoms with Gasteiger partial charge in [-0.15, -0.1) is 0 Å². The van der Waals surface area contributed by atoms with Gasteiger partial charge in [0, 0.05) is 61.7 Å². The van der Waals surface area contributed by atoms with Crippen molar-refractivity contribution in [2.45, 2.75) is 12.5 Å². The molecule has 40 heavy (non-hydrogen) atoms. The Kier molecular flexibility index (Phi) is 6.28. The highest BCUT2D eigenvalue weighted by atomic mass is 16.5. The monoisotopic (exact) mass is 531 g/mol. The molecular formula is C33H31N4O3+. The van der Waals surface area contributed by atoms with Gasteiger partial charge in [0.2, 0.25) is 17.6 Å². The average molecular weight is 532 g/mol. The topological polar surface area (TPSA) is 75.9 Å². The number of fused-ring (bicyclic) bond motifs is 5. The van der Waals surface area contributed by atoms with E-state index in [1.54, 1.807) is 24.3 Å². The molecule has 0 amide bonds. The van der Waals surface area contributed by atoms with Crippen LogP contribution < -0.4 is 19.9 Å². The number of nitrogens with one attached hydrogen (secondary N) is 2. The molecule has 200 valence electrons. The summed E-state index contributed by atoms with van der Waals surface area (Å²) in [4.78, 5) is 35.9. The van der Waals surface area contributed by atoms with Crippen molar-refractivity contribution in [1.29, 1.82) is 0 Å². The van der Waals surface area contributed by atoms with Gasteiger partial charge >= 0.3 is 0 Å². The molecule has 4 aliphatic rings. The summed E-state index contributed by atoms with van der Waals surface area (Å²) in [6, 6.07) is 19.5. The lowest BCUT2D eigenvalue weighted by Gasteiger charge is -2.36. The van der Waals surface area contributed by atoms with Crippen LogP contribution in [0.1, 0.15) is 38.3 Å². The zero-order valence-corrected chi connectivity index (χ0v) is 22.2. The standard InChI is InChI=1S/C33H30N4O3/c38-32-23-11-4-5-12-24(23)33(39)30-29(32)26(21-28-31(30)35-25-13-6-7-14-27(25)40-28)34-15-8-16-36-17-19-37(20-18-36)22-9-2-1-3-10-22/h1-7,9-14,21,27,34H,8,15-20H2/p+1. The second kappa shape index (κ2) is 10.2. The number of rotatable bonds is 6. The van der Waals surface area contributed by atoms with Crippen LogP contribution in [0.25, 0.3) is 0 Å². The predicted octanol–water partition coefficient (Wildman–Crippen LogP) is 3.13. The Morgan fingerprint density at radius 3 is 2.38 bits per heavy atom. The number of carbonyl (C=O) groups is 2. The zero-order valence-electron chi connectivity index (χ0n) is 22.2. The highest BCUT2D eigenvalue weighted by molar-refractivity contribution is 6.32. The van der Waals surface area contributed by atoms with Crippen LogP contribution in [-0.4, -0.2) is 67.6 Å². The van der Waals surface area contributed by atoms with E-state index >= 15 is 0 Å². The fraction of sp³-hybridized carbons (Fsp3) is 0.242. The molecule has 2 heterocycles. The smallest absolute Gasteiger partial charge is 0.258 e. The number of allylic oxidation sites excluding steroid dienone is 2. The maximum atomic E-state index is 13.8. The van der Waals surface area contributed by atoms with Crippen LogP contribution in [0.4, 0.5) is 17.1 Å². The molecule has 0 saturated carbocycles. The Morgan fingerprint density at radius 2 is 1.60 bits per heavy atom. The number of piperazine rings is 1. The largest absolute Gasteiger partial charge is 0.468 e. The molecular weight excluding hydrogens is 500 g/mol. The first-order chi connectivity index (χ1) is 19.7. The molecule has 2 aliphatic carbocycles. The summed E-state index contributed by atoms with van der Waals surface area (Å²) < 4.78 is 6.31. The Labute approximate surface area is 233 Å². The van der Waals surface area contributed by atoms with Crippen LogP contribution in [-0.2, 0) is 0 Å². The summed E-state index contributed by atoms with van der Waals surface area (Å²) in [5.41, 5.74) is 5.03. The fourth-order valence-electron chi connectivity index (χ4n) is 6.04. The minimum atomic E-state index is -0.250. The number of hydrogen-bond donors (Lipinski definition) is 2. The van der Waals surface area contributed by atoms with E-state index in [0.717, 1.165) is 44.9 Å². The molecule has 1 atom stereocenters. The Balaban J connectivity index is 1.10. The summed E-state index contributed by atoms with van der Waals surface area (Å²) in [6.07, 6.45) is 8.46. The summed E-state index contributed by atoms with van der Waals surface area (Å²) in [7, 11) is 0. The highest BCUT2D eigenvalue weighted by Crippen LogP contribution is 2.41. The van der Waals surface area contributed by atoms with Crippen LogP contribution >= 0.6 is 0 Å². The number of hydrogen-bond acceptors (Lipinski definition) is 6. The molecule has 3 aromatic rings. The Morgan fingerprint density at radius 1 is 0.875 bits per heavy atom. The predicted molar refractivity (Wildman–Crippen MR) is 156 cm³/mol. The molecule has 1 saturated heterocycles. The number of carbonyl (C=O) groups excluding carboxylic acids is 2. The van der Waals surface area contributed by atoms with Gasteiger partial charge < -0.3 is 15.0 Å². The van der Waals surface area contributed by atoms with Gasteiger partial charge in [0.15, 0.2) is 11.5 Å². The van der Waals surface area contributed by atoms with Crippen LogP contribution in [0, 0.1) is 0 Å². The number of nitrogens with zero attached hydrogens (tertiary/aromatic N) is 2. The molecule has 2 N–H and O–H groups in total. The first-order valence-corrected chi connectivity index (χ1v) is 14.0. The van der Waals surface area contributed by atoms with Crippen LogP contribution in [0.2, 0.25) is 0 Å². The van der Waals surface area contributed by atoms with Gasteiger partial charge in [0.25, 0.3) is 5.69 Å². The normalized spacial score (nSPS) is 19.2. The maximum Gasteiger partial charge on any atom is 0.258 e. The Bertz CT molecular complexity index is 1580. The highest BCUT2D eigenvalue weighted by Gasteiger charge is 2.41. The fourth-order valence-corrected chi connectivity index (χ4v) is 6.04. The lowest BCUT2D eigenvalue weighted by atomic mass is 9.81. The number of ether oxygens (including phenoxy) is 1. The summed E-state index contributed by atoms with van der Waals surface area (Å²) >= 11 is 0. The van der Waals surface area contributed by atoms with Crippen molar-refractivity contribution < 1.29 is 19.3 Å². The molecule has 0 spiro atoms. The van der Waals surface area contributed by atoms with Crippen LogP contribution in [0.5, 0.6) is 5.75 Å². The minimum absolute atomic E-state index is 0.138. The van der Waals surface area contributed by atoms with Gasteiger partial charge in [0.05, 0.1) is 11.3 Å². The minimum Gasteiger partial charge on any atom is -0.468 e. The van der Waals surface area contributed by atoms with Crippen molar-refractivity contribution in [3.8, 4) is 5.75 Å². The molecule has 3 aromatic carbocycles. The SMILES string of the molecule is O=C1c2ccccc2C(=O)c2c3c(cc(NCCCN4CCN(c5ccccc5)CC4)c21)OC1C=CC=CC1=[NH+]3. The van der Waals surface area contributed by atoms with Gasteiger partial charge in [0.1, 0.15) is 5.56 Å². The summed E-state index contributed by atoms with van der Waals surface area (Å²) in [5.74, 6) is 0.278. The third-order valence-corrected chi connectivity index (χ3v) is 8.12. The van der Waals surface area contributed by atoms with E-state index in [2.05, 4.69) is 50.4 Å². The van der Waals surface area contributed by atoms with Gasteiger partial charge in [-0.2, -0.15) is 0 Å². The van der Waals surface area contributed by atoms with Crippen LogP contribution in [0.3, 0.4) is 0 Å². The second-order valence-electron chi connectivity index (χ2n) is 10.6.